The highest BCUT2D eigenvalue weighted by Crippen LogP contribution is 2.38. The Hall–Kier alpha value is -2.95. The van der Waals surface area contributed by atoms with E-state index in [1.807, 2.05) is 38.2 Å². The van der Waals surface area contributed by atoms with E-state index in [0.29, 0.717) is 23.2 Å². The van der Waals surface area contributed by atoms with Gasteiger partial charge in [0.15, 0.2) is 0 Å². The molecule has 3 aromatic rings. The average Bonchev–Trinajstić information content (AvgIpc) is 3.55. The average molecular weight is 459 g/mol. The summed E-state index contributed by atoms with van der Waals surface area (Å²) in [5, 5.41) is 7.04. The van der Waals surface area contributed by atoms with Crippen molar-refractivity contribution >= 4 is 11.6 Å². The Labute approximate surface area is 202 Å². The molecule has 0 atom stereocenters. The zero-order valence-electron chi connectivity index (χ0n) is 20.5. The van der Waals surface area contributed by atoms with Crippen LogP contribution in [0.3, 0.4) is 0 Å². The topological polar surface area (TPSA) is 49.8 Å². The molecule has 2 N–H and O–H groups in total. The molecule has 1 aromatic carbocycles. The number of anilines is 2. The van der Waals surface area contributed by atoms with E-state index in [0.717, 1.165) is 39.5 Å². The van der Waals surface area contributed by atoms with Gasteiger partial charge in [-0.3, -0.25) is 0 Å². The van der Waals surface area contributed by atoms with Crippen LogP contribution in [-0.2, 0) is 0 Å². The lowest BCUT2D eigenvalue weighted by molar-refractivity contribution is 0.621. The number of halogens is 1. The van der Waals surface area contributed by atoms with Crippen LogP contribution in [0, 0.1) is 26.6 Å². The van der Waals surface area contributed by atoms with Crippen LogP contribution in [-0.4, -0.2) is 22.1 Å². The Morgan fingerprint density at radius 1 is 0.647 bits per heavy atom. The van der Waals surface area contributed by atoms with Crippen LogP contribution in [0.1, 0.15) is 68.1 Å². The molecule has 0 amide bonds. The lowest BCUT2D eigenvalue weighted by Gasteiger charge is -2.20. The maximum absolute atomic E-state index is 15.8. The molecule has 0 radical (unpaired) electrons. The van der Waals surface area contributed by atoms with Crippen molar-refractivity contribution in [2.75, 3.05) is 10.6 Å². The fourth-order valence-electron chi connectivity index (χ4n) is 5.71. The Bertz CT molecular complexity index is 1020. The molecule has 0 unspecified atom stereocenters. The van der Waals surface area contributed by atoms with Crippen LogP contribution in [0.15, 0.2) is 36.7 Å². The van der Waals surface area contributed by atoms with E-state index >= 15 is 4.39 Å². The molecule has 2 aliphatic rings. The minimum atomic E-state index is -0.176. The molecule has 5 heteroatoms. The minimum absolute atomic E-state index is 0.176. The van der Waals surface area contributed by atoms with Crippen LogP contribution >= 0.6 is 0 Å². The number of hydrogen-bond acceptors (Lipinski definition) is 4. The minimum Gasteiger partial charge on any atom is -0.367 e. The lowest BCUT2D eigenvalue weighted by atomic mass is 9.87. The quantitative estimate of drug-likeness (QED) is 0.400. The van der Waals surface area contributed by atoms with Gasteiger partial charge in [-0.2, -0.15) is 0 Å². The summed E-state index contributed by atoms with van der Waals surface area (Å²) < 4.78 is 15.8. The zero-order chi connectivity index (χ0) is 23.7. The number of pyridine rings is 2. The first kappa shape index (κ1) is 22.8. The van der Waals surface area contributed by atoms with Gasteiger partial charge < -0.3 is 10.6 Å². The predicted molar refractivity (Wildman–Crippen MR) is 139 cm³/mol. The van der Waals surface area contributed by atoms with Crippen molar-refractivity contribution in [3.05, 3.63) is 59.2 Å². The molecule has 2 fully saturated rings. The Morgan fingerprint density at radius 2 is 1.09 bits per heavy atom. The Balaban J connectivity index is 1.42. The van der Waals surface area contributed by atoms with Crippen molar-refractivity contribution in [3.63, 3.8) is 0 Å². The van der Waals surface area contributed by atoms with Crippen molar-refractivity contribution in [1.82, 2.24) is 9.97 Å². The van der Waals surface area contributed by atoms with Gasteiger partial charge in [0.25, 0.3) is 0 Å². The largest absolute Gasteiger partial charge is 0.367 e. The maximum atomic E-state index is 15.8. The van der Waals surface area contributed by atoms with Crippen molar-refractivity contribution < 1.29 is 4.39 Å². The first-order valence-electron chi connectivity index (χ1n) is 12.8. The van der Waals surface area contributed by atoms with Crippen molar-refractivity contribution in [1.29, 1.82) is 0 Å². The van der Waals surface area contributed by atoms with Crippen molar-refractivity contribution in [2.45, 2.75) is 84.2 Å². The summed E-state index contributed by atoms with van der Waals surface area (Å²) in [5.41, 5.74) is 6.04. The molecule has 0 bridgehead atoms. The standard InChI is InChI=1S/C29H35FN4/c1-18-19(2)28(22-13-15-26(32-17-22)34-24-10-6-7-11-24)29(30)20(3)27(18)21-12-14-25(31-16-21)33-23-8-4-5-9-23/h12-17,23-24H,4-11H2,1-3H3,(H,31,33)(H,32,34). The maximum Gasteiger partial charge on any atom is 0.134 e. The predicted octanol–water partition coefficient (Wildman–Crippen LogP) is 7.58. The van der Waals surface area contributed by atoms with Crippen molar-refractivity contribution in [3.8, 4) is 22.3 Å². The molecule has 2 saturated carbocycles. The van der Waals surface area contributed by atoms with Gasteiger partial charge in [-0.25, -0.2) is 14.4 Å². The molecule has 5 rings (SSSR count). The van der Waals surface area contributed by atoms with E-state index in [2.05, 4.69) is 33.6 Å². The van der Waals surface area contributed by atoms with Gasteiger partial charge in [0.1, 0.15) is 17.5 Å². The Morgan fingerprint density at radius 3 is 1.53 bits per heavy atom. The number of hydrogen-bond donors (Lipinski definition) is 2. The first-order chi connectivity index (χ1) is 16.5. The second kappa shape index (κ2) is 9.73. The monoisotopic (exact) mass is 458 g/mol. The van der Waals surface area contributed by atoms with Gasteiger partial charge in [-0.15, -0.1) is 0 Å². The summed E-state index contributed by atoms with van der Waals surface area (Å²) in [6.07, 6.45) is 13.6. The summed E-state index contributed by atoms with van der Waals surface area (Å²) in [5.74, 6) is 1.60. The summed E-state index contributed by atoms with van der Waals surface area (Å²) in [6, 6.07) is 9.07. The number of nitrogens with zero attached hydrogens (tertiary/aromatic N) is 2. The van der Waals surface area contributed by atoms with Gasteiger partial charge in [-0.1, -0.05) is 25.7 Å². The van der Waals surface area contributed by atoms with E-state index in [4.69, 9.17) is 0 Å². The van der Waals surface area contributed by atoms with Gasteiger partial charge in [0.2, 0.25) is 0 Å². The second-order valence-corrected chi connectivity index (χ2v) is 10.1. The van der Waals surface area contributed by atoms with E-state index in [9.17, 15) is 0 Å². The molecule has 2 heterocycles. The van der Waals surface area contributed by atoms with E-state index < -0.39 is 0 Å². The molecule has 2 aliphatic carbocycles. The van der Waals surface area contributed by atoms with Crippen LogP contribution in [0.5, 0.6) is 0 Å². The molecule has 178 valence electrons. The van der Waals surface area contributed by atoms with E-state index in [1.165, 1.54) is 51.4 Å². The lowest BCUT2D eigenvalue weighted by Crippen LogP contribution is -2.15. The van der Waals surface area contributed by atoms with E-state index in [-0.39, 0.29) is 5.82 Å². The third-order valence-electron chi connectivity index (χ3n) is 7.75. The van der Waals surface area contributed by atoms with Crippen molar-refractivity contribution in [2.24, 2.45) is 0 Å². The summed E-state index contributed by atoms with van der Waals surface area (Å²) >= 11 is 0. The fourth-order valence-corrected chi connectivity index (χ4v) is 5.71. The van der Waals surface area contributed by atoms with Gasteiger partial charge in [0, 0.05) is 41.2 Å². The highest BCUT2D eigenvalue weighted by atomic mass is 19.1. The van der Waals surface area contributed by atoms with Gasteiger partial charge >= 0.3 is 0 Å². The normalized spacial score (nSPS) is 16.8. The van der Waals surface area contributed by atoms with Crippen LogP contribution < -0.4 is 10.6 Å². The Kier molecular flexibility index (Phi) is 6.53. The molecule has 2 aromatic heterocycles. The van der Waals surface area contributed by atoms with Crippen LogP contribution in [0.2, 0.25) is 0 Å². The highest BCUT2D eigenvalue weighted by Gasteiger charge is 2.21. The number of benzene rings is 1. The summed E-state index contributed by atoms with van der Waals surface area (Å²) in [4.78, 5) is 9.24. The summed E-state index contributed by atoms with van der Waals surface area (Å²) in [6.45, 7) is 5.95. The molecular weight excluding hydrogens is 423 g/mol. The second-order valence-electron chi connectivity index (χ2n) is 10.1. The molecular formula is C29H35FN4. The smallest absolute Gasteiger partial charge is 0.134 e. The van der Waals surface area contributed by atoms with Gasteiger partial charge in [-0.05, 0) is 93.0 Å². The third kappa shape index (κ3) is 4.53. The number of aromatic nitrogens is 2. The first-order valence-corrected chi connectivity index (χ1v) is 12.8. The number of nitrogens with one attached hydrogen (secondary N) is 2. The van der Waals surface area contributed by atoms with E-state index in [1.54, 1.807) is 6.20 Å². The zero-order valence-corrected chi connectivity index (χ0v) is 20.5. The molecule has 0 aliphatic heterocycles. The SMILES string of the molecule is Cc1c(C)c(-c2ccc(NC3CCCC3)nc2)c(F)c(C)c1-c1ccc(NC2CCCC2)nc1. The van der Waals surface area contributed by atoms with Crippen LogP contribution in [0.4, 0.5) is 16.0 Å². The fraction of sp³-hybridized carbons (Fsp3) is 0.448. The number of rotatable bonds is 6. The molecule has 34 heavy (non-hydrogen) atoms. The molecule has 0 saturated heterocycles. The van der Waals surface area contributed by atoms with Gasteiger partial charge in [0.05, 0.1) is 0 Å². The summed E-state index contributed by atoms with van der Waals surface area (Å²) in [7, 11) is 0. The molecule has 4 nitrogen and oxygen atoms in total. The molecule has 0 spiro atoms. The highest BCUT2D eigenvalue weighted by molar-refractivity contribution is 5.80. The van der Waals surface area contributed by atoms with Crippen LogP contribution in [0.25, 0.3) is 22.3 Å². The third-order valence-corrected chi connectivity index (χ3v) is 7.75.